The van der Waals surface area contributed by atoms with Crippen molar-refractivity contribution >= 4 is 5.91 Å². The number of carbonyl (C=O) groups excluding carboxylic acids is 1. The van der Waals surface area contributed by atoms with E-state index < -0.39 is 0 Å². The third kappa shape index (κ3) is 3.43. The van der Waals surface area contributed by atoms with Crippen molar-refractivity contribution in [2.24, 2.45) is 5.92 Å². The number of amides is 1. The van der Waals surface area contributed by atoms with Gasteiger partial charge in [-0.25, -0.2) is 0 Å². The standard InChI is InChI=1S/C20H22N2O4/c23-18-16(6-7-17(21-18)14-4-2-1-3-5-14)19(24)22-10-8-15(9-11-22)20-25-12-13-26-20/h1-7,15,20H,8-13H2,(H,21,23). The fourth-order valence-electron chi connectivity index (χ4n) is 3.62. The van der Waals surface area contributed by atoms with Crippen molar-refractivity contribution < 1.29 is 14.3 Å². The molecule has 2 saturated heterocycles. The number of hydrogen-bond donors (Lipinski definition) is 1. The van der Waals surface area contributed by atoms with Crippen LogP contribution < -0.4 is 5.56 Å². The second kappa shape index (κ2) is 7.43. The van der Waals surface area contributed by atoms with E-state index in [1.165, 1.54) is 0 Å². The fraction of sp³-hybridized carbons (Fsp3) is 0.400. The minimum Gasteiger partial charge on any atom is -0.350 e. The number of hydrogen-bond acceptors (Lipinski definition) is 4. The molecule has 2 aliphatic heterocycles. The minimum atomic E-state index is -0.346. The lowest BCUT2D eigenvalue weighted by atomic mass is 9.95. The lowest BCUT2D eigenvalue weighted by Crippen LogP contribution is -2.43. The van der Waals surface area contributed by atoms with Gasteiger partial charge in [-0.1, -0.05) is 30.3 Å². The molecule has 0 bridgehead atoms. The molecule has 2 fully saturated rings. The molecule has 6 heteroatoms. The van der Waals surface area contributed by atoms with E-state index in [0.717, 1.165) is 18.4 Å². The zero-order valence-electron chi connectivity index (χ0n) is 14.5. The number of aromatic nitrogens is 1. The van der Waals surface area contributed by atoms with E-state index >= 15 is 0 Å². The first-order chi connectivity index (χ1) is 12.7. The van der Waals surface area contributed by atoms with E-state index in [0.29, 0.717) is 37.9 Å². The Bertz CT molecular complexity index is 819. The molecule has 4 rings (SSSR count). The van der Waals surface area contributed by atoms with Gasteiger partial charge in [-0.2, -0.15) is 0 Å². The normalized spacial score (nSPS) is 19.0. The average Bonchev–Trinajstić information content (AvgIpc) is 3.23. The molecule has 0 saturated carbocycles. The molecule has 0 atom stereocenters. The first kappa shape index (κ1) is 17.0. The number of ether oxygens (including phenoxy) is 2. The maximum absolute atomic E-state index is 12.7. The van der Waals surface area contributed by atoms with E-state index in [4.69, 9.17) is 9.47 Å². The Kier molecular flexibility index (Phi) is 4.86. The summed E-state index contributed by atoms with van der Waals surface area (Å²) < 4.78 is 11.1. The molecule has 0 spiro atoms. The number of H-pyrrole nitrogens is 1. The van der Waals surface area contributed by atoms with Crippen molar-refractivity contribution in [1.29, 1.82) is 0 Å². The number of piperidine rings is 1. The quantitative estimate of drug-likeness (QED) is 0.918. The van der Waals surface area contributed by atoms with E-state index in [1.807, 2.05) is 30.3 Å². The maximum Gasteiger partial charge on any atom is 0.261 e. The van der Waals surface area contributed by atoms with Gasteiger partial charge in [0.15, 0.2) is 6.29 Å². The van der Waals surface area contributed by atoms with Gasteiger partial charge in [0.1, 0.15) is 5.56 Å². The first-order valence-electron chi connectivity index (χ1n) is 9.03. The molecule has 1 amide bonds. The number of pyridine rings is 1. The van der Waals surface area contributed by atoms with Gasteiger partial charge in [0.2, 0.25) is 0 Å². The summed E-state index contributed by atoms with van der Waals surface area (Å²) in [5.74, 6) is 0.109. The summed E-state index contributed by atoms with van der Waals surface area (Å²) in [6.45, 7) is 2.53. The minimum absolute atomic E-state index is 0.138. The largest absolute Gasteiger partial charge is 0.350 e. The van der Waals surface area contributed by atoms with E-state index in [2.05, 4.69) is 4.98 Å². The summed E-state index contributed by atoms with van der Waals surface area (Å²) in [4.78, 5) is 29.7. The fourth-order valence-corrected chi connectivity index (χ4v) is 3.62. The number of nitrogens with zero attached hydrogens (tertiary/aromatic N) is 1. The SMILES string of the molecule is O=C(c1ccc(-c2ccccc2)[nH]c1=O)N1CCC(C2OCCO2)CC1. The van der Waals surface area contributed by atoms with Gasteiger partial charge in [-0.3, -0.25) is 9.59 Å². The highest BCUT2D eigenvalue weighted by atomic mass is 16.7. The summed E-state index contributed by atoms with van der Waals surface area (Å²) >= 11 is 0. The van der Waals surface area contributed by atoms with Crippen molar-refractivity contribution in [2.45, 2.75) is 19.1 Å². The van der Waals surface area contributed by atoms with Gasteiger partial charge in [-0.05, 0) is 30.5 Å². The van der Waals surface area contributed by atoms with Crippen LogP contribution in [0.4, 0.5) is 0 Å². The predicted octanol–water partition coefficient (Wildman–Crippen LogP) is 2.27. The number of nitrogens with one attached hydrogen (secondary N) is 1. The van der Waals surface area contributed by atoms with Crippen LogP contribution in [-0.2, 0) is 9.47 Å². The van der Waals surface area contributed by atoms with Crippen LogP contribution in [0.15, 0.2) is 47.3 Å². The zero-order valence-corrected chi connectivity index (χ0v) is 14.5. The Morgan fingerprint density at radius 1 is 1.00 bits per heavy atom. The lowest BCUT2D eigenvalue weighted by Gasteiger charge is -2.33. The Morgan fingerprint density at radius 3 is 2.35 bits per heavy atom. The number of aromatic amines is 1. The highest BCUT2D eigenvalue weighted by Gasteiger charge is 2.32. The smallest absolute Gasteiger partial charge is 0.261 e. The van der Waals surface area contributed by atoms with Crippen LogP contribution in [0.3, 0.4) is 0 Å². The van der Waals surface area contributed by atoms with Crippen LogP contribution in [0.25, 0.3) is 11.3 Å². The summed E-state index contributed by atoms with van der Waals surface area (Å²) in [5, 5.41) is 0. The number of carbonyl (C=O) groups is 1. The van der Waals surface area contributed by atoms with Crippen molar-refractivity contribution in [1.82, 2.24) is 9.88 Å². The van der Waals surface area contributed by atoms with Crippen LogP contribution >= 0.6 is 0 Å². The Balaban J connectivity index is 1.44. The Morgan fingerprint density at radius 2 is 1.69 bits per heavy atom. The summed E-state index contributed by atoms with van der Waals surface area (Å²) in [7, 11) is 0. The number of likely N-dealkylation sites (tertiary alicyclic amines) is 1. The van der Waals surface area contributed by atoms with Gasteiger partial charge in [0.05, 0.1) is 13.2 Å². The molecular weight excluding hydrogens is 332 g/mol. The van der Waals surface area contributed by atoms with Crippen LogP contribution in [0, 0.1) is 5.92 Å². The monoisotopic (exact) mass is 354 g/mol. The van der Waals surface area contributed by atoms with E-state index in [-0.39, 0.29) is 23.3 Å². The summed E-state index contributed by atoms with van der Waals surface area (Å²) in [6, 6.07) is 13.0. The first-order valence-corrected chi connectivity index (χ1v) is 9.03. The Hall–Kier alpha value is -2.44. The summed E-state index contributed by atoms with van der Waals surface area (Å²) in [6.07, 6.45) is 1.52. The number of rotatable bonds is 3. The predicted molar refractivity (Wildman–Crippen MR) is 96.8 cm³/mol. The van der Waals surface area contributed by atoms with Crippen LogP contribution in [0.2, 0.25) is 0 Å². The zero-order chi connectivity index (χ0) is 17.9. The van der Waals surface area contributed by atoms with E-state index in [9.17, 15) is 9.59 Å². The topological polar surface area (TPSA) is 71.6 Å². The van der Waals surface area contributed by atoms with Crippen molar-refractivity contribution in [2.75, 3.05) is 26.3 Å². The van der Waals surface area contributed by atoms with Gasteiger partial charge in [0, 0.05) is 24.7 Å². The van der Waals surface area contributed by atoms with Gasteiger partial charge >= 0.3 is 0 Å². The van der Waals surface area contributed by atoms with Crippen molar-refractivity contribution in [3.63, 3.8) is 0 Å². The molecule has 3 heterocycles. The summed E-state index contributed by atoms with van der Waals surface area (Å²) in [5.41, 5.74) is 1.47. The molecule has 136 valence electrons. The van der Waals surface area contributed by atoms with Crippen molar-refractivity contribution in [3.05, 3.63) is 58.4 Å². The molecule has 1 aromatic heterocycles. The highest BCUT2D eigenvalue weighted by molar-refractivity contribution is 5.94. The Labute approximate surface area is 151 Å². The highest BCUT2D eigenvalue weighted by Crippen LogP contribution is 2.26. The van der Waals surface area contributed by atoms with Crippen LogP contribution in [0.5, 0.6) is 0 Å². The van der Waals surface area contributed by atoms with Gasteiger partial charge in [-0.15, -0.1) is 0 Å². The molecule has 0 aliphatic carbocycles. The average molecular weight is 354 g/mol. The molecule has 0 radical (unpaired) electrons. The lowest BCUT2D eigenvalue weighted by molar-refractivity contribution is -0.0956. The molecule has 6 nitrogen and oxygen atoms in total. The molecule has 2 aliphatic rings. The van der Waals surface area contributed by atoms with E-state index in [1.54, 1.807) is 17.0 Å². The molecule has 0 unspecified atom stereocenters. The van der Waals surface area contributed by atoms with Crippen LogP contribution in [0.1, 0.15) is 23.2 Å². The third-order valence-electron chi connectivity index (χ3n) is 5.08. The number of benzene rings is 1. The van der Waals surface area contributed by atoms with Crippen molar-refractivity contribution in [3.8, 4) is 11.3 Å². The second-order valence-corrected chi connectivity index (χ2v) is 6.72. The van der Waals surface area contributed by atoms with Gasteiger partial charge in [0.25, 0.3) is 11.5 Å². The molecular formula is C20H22N2O4. The van der Waals surface area contributed by atoms with Gasteiger partial charge < -0.3 is 19.4 Å². The molecule has 2 aromatic rings. The van der Waals surface area contributed by atoms with Crippen LogP contribution in [-0.4, -0.2) is 48.4 Å². The molecule has 1 N–H and O–H groups in total. The molecule has 26 heavy (non-hydrogen) atoms. The third-order valence-corrected chi connectivity index (χ3v) is 5.08. The second-order valence-electron chi connectivity index (χ2n) is 6.72. The maximum atomic E-state index is 12.7. The molecule has 1 aromatic carbocycles.